The maximum Gasteiger partial charge on any atom is 0.351 e. The van der Waals surface area contributed by atoms with Gasteiger partial charge >= 0.3 is 17.1 Å². The number of hydrogen-bond acceptors (Lipinski definition) is 40. The van der Waals surface area contributed by atoms with Crippen LogP contribution in [0.1, 0.15) is 102 Å². The molecule has 7 aromatic heterocycles. The number of ether oxygens (including phenoxy) is 5. The first kappa shape index (κ1) is 83.6. The summed E-state index contributed by atoms with van der Waals surface area (Å²) < 4.78 is 111. The third-order valence-electron chi connectivity index (χ3n) is 17.8. The highest BCUT2D eigenvalue weighted by atomic mass is 32.9. The first-order valence-electron chi connectivity index (χ1n) is 33.1. The Hall–Kier alpha value is -4.85. The van der Waals surface area contributed by atoms with Gasteiger partial charge in [-0.15, -0.1) is 0 Å². The number of aromatic nitrogens is 14. The molecule has 43 nitrogen and oxygen atoms in total. The quantitative estimate of drug-likeness (QED) is 0.0221. The van der Waals surface area contributed by atoms with Crippen LogP contribution in [0.15, 0.2) is 70.9 Å². The van der Waals surface area contributed by atoms with Crippen molar-refractivity contribution in [1.82, 2.24) is 67.7 Å². The van der Waals surface area contributed by atoms with E-state index in [-0.39, 0.29) is 95.3 Å². The van der Waals surface area contributed by atoms with Gasteiger partial charge in [0.1, 0.15) is 81.5 Å². The van der Waals surface area contributed by atoms with Crippen LogP contribution in [0.5, 0.6) is 0 Å². The minimum atomic E-state index is -4.88. The zero-order valence-electron chi connectivity index (χ0n) is 57.9. The molecule has 0 saturated carbocycles. The predicted molar refractivity (Wildman–Crippen MR) is 396 cm³/mol. The zero-order valence-corrected chi connectivity index (χ0v) is 67.2. The van der Waals surface area contributed by atoms with E-state index in [4.69, 9.17) is 158 Å². The third kappa shape index (κ3) is 20.1. The SMILES string of the molecule is Cc1cn([C@H]2C[C@@H](OP(=O)([S-])OC[C@H]3O[C@@H](n4ccc(N)nc4=O)C[C@H]3C(C)C)[C@@H](COP(=S)([S-])O[C@@H]3C[C@H](n4cnc5c(=O)[nH]c(N)nc54)O[C@@H]3COP([O-])(=S)O[C@@H]3C[C@H](n4cc(C)c(=O)[nH]c4=O)O[C@@H]3COP([O-])(=S)O[C@@H]3C[C@H](n4cnc5c(=O)[nH]c(N)nc54)O[C@@H]3COP([O-])(=S)OC(C)C)O2)c(=O)[nH]c1=O. The van der Waals surface area contributed by atoms with Crippen molar-refractivity contribution in [2.24, 2.45) is 11.8 Å². The summed E-state index contributed by atoms with van der Waals surface area (Å²) in [5.41, 5.74) is 8.12. The molecule has 20 atom stereocenters. The van der Waals surface area contributed by atoms with Gasteiger partial charge in [-0.2, -0.15) is 15.0 Å². The van der Waals surface area contributed by atoms with Crippen LogP contribution in [-0.2, 0) is 145 Å². The molecule has 7 aromatic rings. The average Bonchev–Trinajstić information content (AvgIpc) is 1.63. The number of hydrogen-bond donors (Lipinski definition) is 7. The van der Waals surface area contributed by atoms with Crippen molar-refractivity contribution < 1.29 is 88.2 Å². The molecule has 5 aliphatic heterocycles. The number of anilines is 3. The highest BCUT2D eigenvalue weighted by Gasteiger charge is 2.47. The van der Waals surface area contributed by atoms with E-state index in [1.165, 1.54) is 64.9 Å². The fraction of sp³-hybridized carbons (Fsp3) is 0.600. The van der Waals surface area contributed by atoms with Crippen LogP contribution >= 0.6 is 32.6 Å². The summed E-state index contributed by atoms with van der Waals surface area (Å²) in [5, 5.41) is 0. The number of nitrogen functional groups attached to an aromatic ring is 3. The molecule has 0 aromatic carbocycles. The molecule has 0 spiro atoms. The maximum absolute atomic E-state index is 14.7. The van der Waals surface area contributed by atoms with Crippen molar-refractivity contribution in [1.29, 1.82) is 0 Å². The number of nitrogens with two attached hydrogens (primary N) is 3. The number of fused-ring (bicyclic) bond motifs is 2. The van der Waals surface area contributed by atoms with Gasteiger partial charge in [-0.3, -0.25) is 66.5 Å². The largest absolute Gasteiger partial charge is 0.780 e. The summed E-state index contributed by atoms with van der Waals surface area (Å²) in [4.78, 5) is 162. The number of aryl methyl sites for hydroxylation is 2. The van der Waals surface area contributed by atoms with Gasteiger partial charge < -0.3 is 125 Å². The number of rotatable bonds is 31. The Balaban J connectivity index is 0.758. The van der Waals surface area contributed by atoms with Gasteiger partial charge in [-0.1, -0.05) is 61.1 Å². The summed E-state index contributed by atoms with van der Waals surface area (Å²) in [6.07, 6.45) is -12.3. The van der Waals surface area contributed by atoms with Gasteiger partial charge in [0, 0.05) is 55.4 Å². The lowest BCUT2D eigenvalue weighted by atomic mass is 9.89. The first-order valence-corrected chi connectivity index (χ1v) is 46.9. The molecular weight excluding hydrogens is 1660 g/mol. The van der Waals surface area contributed by atoms with Crippen LogP contribution in [0.2, 0.25) is 0 Å². The molecule has 0 amide bonds. The van der Waals surface area contributed by atoms with Crippen LogP contribution in [0.4, 0.5) is 17.7 Å². The first-order chi connectivity index (χ1) is 51.2. The monoisotopic (exact) mass is 1730 g/mol. The molecule has 0 aliphatic carbocycles. The highest BCUT2D eigenvalue weighted by molar-refractivity contribution is 8.51. The predicted octanol–water partition coefficient (Wildman–Crippen LogP) is -0.0872. The molecule has 54 heteroatoms. The van der Waals surface area contributed by atoms with Gasteiger partial charge in [0.15, 0.2) is 29.1 Å². The Kier molecular flexibility index (Phi) is 25.7. The Morgan fingerprint density at radius 3 is 1.36 bits per heavy atom. The molecule has 5 aliphatic rings. The molecule has 12 rings (SSSR count). The second-order valence-corrected chi connectivity index (χ2v) is 42.0. The minimum absolute atomic E-state index is 0.0127. The maximum atomic E-state index is 14.7. The van der Waals surface area contributed by atoms with Crippen LogP contribution in [-0.4, -0.2) is 162 Å². The summed E-state index contributed by atoms with van der Waals surface area (Å²) in [6.45, 7) is -11.6. The van der Waals surface area contributed by atoms with Crippen molar-refractivity contribution in [2.75, 3.05) is 50.2 Å². The smallest absolute Gasteiger partial charge is 0.351 e. The lowest BCUT2D eigenvalue weighted by Gasteiger charge is -2.36. The molecule has 0 radical (unpaired) electrons. The Labute approximate surface area is 645 Å². The Bertz CT molecular complexity index is 5280. The van der Waals surface area contributed by atoms with E-state index in [2.05, 4.69) is 44.9 Å². The van der Waals surface area contributed by atoms with Crippen LogP contribution < -0.4 is 71.2 Å². The average molecular weight is 1730 g/mol. The molecule has 0 bridgehead atoms. The summed E-state index contributed by atoms with van der Waals surface area (Å²) >= 11 is 33.2. The van der Waals surface area contributed by atoms with E-state index in [0.717, 1.165) is 9.13 Å². The lowest BCUT2D eigenvalue weighted by Crippen LogP contribution is -2.34. The van der Waals surface area contributed by atoms with Crippen molar-refractivity contribution in [2.45, 2.75) is 166 Å². The second kappa shape index (κ2) is 33.5. The number of imidazole rings is 2. The summed E-state index contributed by atoms with van der Waals surface area (Å²) in [5.74, 6) is -0.793. The zero-order chi connectivity index (χ0) is 78.7. The Morgan fingerprint density at radius 2 is 0.917 bits per heavy atom. The van der Waals surface area contributed by atoms with E-state index >= 15 is 0 Å². The number of nitrogens with zero attached hydrogens (tertiary/aromatic N) is 10. The van der Waals surface area contributed by atoms with Crippen LogP contribution in [0.25, 0.3) is 22.3 Å². The third-order valence-corrected chi connectivity index (χ3v) is 26.4. The number of nitrogens with one attached hydrogen (secondary N) is 4. The second-order valence-electron chi connectivity index (χ2n) is 26.2. The molecule has 5 fully saturated rings. The molecule has 598 valence electrons. The van der Waals surface area contributed by atoms with Gasteiger partial charge in [0.05, 0.1) is 88.0 Å². The normalized spacial score (nSPS) is 28.8. The number of aromatic amines is 4. The molecule has 10 N–H and O–H groups in total. The van der Waals surface area contributed by atoms with E-state index < -0.39 is 191 Å². The fourth-order valence-electron chi connectivity index (χ4n) is 12.8. The van der Waals surface area contributed by atoms with Crippen LogP contribution in [0.3, 0.4) is 0 Å². The topological polar surface area (TPSA) is 575 Å². The molecule has 109 heavy (non-hydrogen) atoms. The van der Waals surface area contributed by atoms with Crippen LogP contribution in [0, 0.1) is 25.7 Å². The van der Waals surface area contributed by atoms with Crippen molar-refractivity contribution in [3.05, 3.63) is 121 Å². The van der Waals surface area contributed by atoms with E-state index in [0.29, 0.717) is 6.42 Å². The molecular formula is C55H71N17O26P5S6-5. The summed E-state index contributed by atoms with van der Waals surface area (Å²) in [7, 11) is 0. The van der Waals surface area contributed by atoms with Gasteiger partial charge in [-0.05, 0) is 52.0 Å². The summed E-state index contributed by atoms with van der Waals surface area (Å²) in [6, 6.07) is 1.44. The molecule has 5 saturated heterocycles. The number of H-pyrrole nitrogens is 4. The van der Waals surface area contributed by atoms with E-state index in [1.54, 1.807) is 13.8 Å². The van der Waals surface area contributed by atoms with E-state index in [1.807, 2.05) is 13.8 Å². The van der Waals surface area contributed by atoms with Crippen molar-refractivity contribution >= 4 is 144 Å². The minimum Gasteiger partial charge on any atom is -0.780 e. The lowest BCUT2D eigenvalue weighted by molar-refractivity contribution is -0.220. The Morgan fingerprint density at radius 1 is 0.523 bits per heavy atom. The van der Waals surface area contributed by atoms with Gasteiger partial charge in [0.25, 0.3) is 22.2 Å². The molecule has 5 unspecified atom stereocenters. The van der Waals surface area contributed by atoms with Gasteiger partial charge in [0.2, 0.25) is 11.9 Å². The standard InChI is InChI=1S/C55H76N17O26P5S6/c1-23(2)27-9-38(68-8-7-37(56)61-53(68)77)89-32(27)16-84-100(81,105)96-29-11-40(70-15-26(6)48(74)67-55(70)79)91-36(29)20-88-103(108,109)98-31-13-42(72-22-60-44-46(72)63-52(58)65-50(44)76)93-35(31)19-87-102(83,107)95-28-10-39(69-14-25(5)47(73)66-54(69)78)90-33(28)18-86-101(82,106)97-30-12-41(92-34(30)17-85-99(80,104)94-24(3)4)71-21-59-43-45(71)62-51(57)64-49(43)75/h7-8,14-15,21-24,27-36,38-42H,9-13,16-20H2,1-6H3,(H,80,104)(H,81,105)(H,82,106)(H,83,107)(H,108,109)(H2,56,61,77)(H,66,73,78)(H,67,74,79)(H3,57,62,64,75)(H3,58,63,65,76)/p-5/t27-,28+,29+,30+,31+,32+,33+,34+,35+,36+,38+,39+,40+,41+,42+,99?,100?,101?,102?/m0/s1. The van der Waals surface area contributed by atoms with E-state index in [9.17, 15) is 52.8 Å². The van der Waals surface area contributed by atoms with Crippen molar-refractivity contribution in [3.8, 4) is 0 Å². The van der Waals surface area contributed by atoms with Gasteiger partial charge in [-0.25, -0.2) is 24.4 Å². The van der Waals surface area contributed by atoms with Crippen molar-refractivity contribution in [3.63, 3.8) is 0 Å². The highest BCUT2D eigenvalue weighted by Crippen LogP contribution is 2.56. The molecule has 12 heterocycles. The fourth-order valence-corrected chi connectivity index (χ4v) is 20.7.